The van der Waals surface area contributed by atoms with Gasteiger partial charge in [-0.1, -0.05) is 36.4 Å². The minimum absolute atomic E-state index is 0.0980. The van der Waals surface area contributed by atoms with Gasteiger partial charge in [0.2, 0.25) is 0 Å². The summed E-state index contributed by atoms with van der Waals surface area (Å²) in [7, 11) is 0. The standard InChI is InChI=1S/C28H27FN4O2/c1-21-18-27(33(30-21)25-9-5-8-23(29)19-25)28(34)32-16-14-31(15-17-32)24-10-12-26(13-11-24)35-20-22-6-3-2-4-7-22/h2-13,18-19H,14-17,20H2,1H3. The van der Waals surface area contributed by atoms with Crippen molar-refractivity contribution in [2.24, 2.45) is 0 Å². The van der Waals surface area contributed by atoms with Crippen LogP contribution in [-0.4, -0.2) is 46.8 Å². The SMILES string of the molecule is Cc1cc(C(=O)N2CCN(c3ccc(OCc4ccccc4)cc3)CC2)n(-c2cccc(F)c2)n1. The lowest BCUT2D eigenvalue weighted by atomic mass is 10.2. The summed E-state index contributed by atoms with van der Waals surface area (Å²) in [6.07, 6.45) is 0. The van der Waals surface area contributed by atoms with Crippen molar-refractivity contribution in [3.8, 4) is 11.4 Å². The van der Waals surface area contributed by atoms with Crippen LogP contribution >= 0.6 is 0 Å². The second-order valence-corrected chi connectivity index (χ2v) is 8.61. The van der Waals surface area contributed by atoms with Crippen molar-refractivity contribution in [2.75, 3.05) is 31.1 Å². The van der Waals surface area contributed by atoms with Crippen LogP contribution in [0.25, 0.3) is 5.69 Å². The molecule has 1 aliphatic rings. The van der Waals surface area contributed by atoms with E-state index in [1.54, 1.807) is 18.2 Å². The molecule has 0 N–H and O–H groups in total. The van der Waals surface area contributed by atoms with Gasteiger partial charge in [-0.2, -0.15) is 5.10 Å². The summed E-state index contributed by atoms with van der Waals surface area (Å²) in [6, 6.07) is 26.0. The smallest absolute Gasteiger partial charge is 0.272 e. The molecule has 1 fully saturated rings. The van der Waals surface area contributed by atoms with Crippen LogP contribution in [0.15, 0.2) is 84.9 Å². The molecule has 0 bridgehead atoms. The first-order valence-electron chi connectivity index (χ1n) is 11.7. The van der Waals surface area contributed by atoms with Crippen LogP contribution in [0.5, 0.6) is 5.75 Å². The average molecular weight is 471 g/mol. The third kappa shape index (κ3) is 5.19. The molecule has 6 nitrogen and oxygen atoms in total. The Hall–Kier alpha value is -4.13. The Morgan fingerprint density at radius 1 is 0.886 bits per heavy atom. The van der Waals surface area contributed by atoms with E-state index in [4.69, 9.17) is 4.74 Å². The highest BCUT2D eigenvalue weighted by atomic mass is 19.1. The zero-order valence-corrected chi connectivity index (χ0v) is 19.6. The van der Waals surface area contributed by atoms with Gasteiger partial charge >= 0.3 is 0 Å². The molecule has 1 amide bonds. The number of carbonyl (C=O) groups is 1. The summed E-state index contributed by atoms with van der Waals surface area (Å²) in [6.45, 7) is 5.01. The number of piperazine rings is 1. The van der Waals surface area contributed by atoms with E-state index < -0.39 is 0 Å². The first-order valence-corrected chi connectivity index (χ1v) is 11.7. The normalized spacial score (nSPS) is 13.7. The second-order valence-electron chi connectivity index (χ2n) is 8.61. The van der Waals surface area contributed by atoms with Crippen molar-refractivity contribution in [1.82, 2.24) is 14.7 Å². The molecule has 5 rings (SSSR count). The Kier molecular flexibility index (Phi) is 6.48. The topological polar surface area (TPSA) is 50.6 Å². The molecule has 2 heterocycles. The molecule has 3 aromatic carbocycles. The number of hydrogen-bond acceptors (Lipinski definition) is 4. The number of carbonyl (C=O) groups excluding carboxylic acids is 1. The highest BCUT2D eigenvalue weighted by Gasteiger charge is 2.26. The van der Waals surface area contributed by atoms with E-state index in [0.29, 0.717) is 36.8 Å². The lowest BCUT2D eigenvalue weighted by Gasteiger charge is -2.36. The first-order chi connectivity index (χ1) is 17.1. The molecular formula is C28H27FN4O2. The molecule has 0 unspecified atom stereocenters. The summed E-state index contributed by atoms with van der Waals surface area (Å²) < 4.78 is 21.2. The highest BCUT2D eigenvalue weighted by molar-refractivity contribution is 5.93. The predicted molar refractivity (Wildman–Crippen MR) is 134 cm³/mol. The van der Waals surface area contributed by atoms with Crippen molar-refractivity contribution < 1.29 is 13.9 Å². The fourth-order valence-electron chi connectivity index (χ4n) is 4.28. The molecule has 0 spiro atoms. The predicted octanol–water partition coefficient (Wildman–Crippen LogP) is 4.86. The monoisotopic (exact) mass is 470 g/mol. The summed E-state index contributed by atoms with van der Waals surface area (Å²) in [4.78, 5) is 17.4. The Bertz CT molecular complexity index is 1300. The summed E-state index contributed by atoms with van der Waals surface area (Å²) >= 11 is 0. The van der Waals surface area contributed by atoms with E-state index in [9.17, 15) is 9.18 Å². The quantitative estimate of drug-likeness (QED) is 0.404. The maximum atomic E-state index is 13.7. The Morgan fingerprint density at radius 2 is 1.63 bits per heavy atom. The van der Waals surface area contributed by atoms with Crippen LogP contribution in [0.3, 0.4) is 0 Å². The number of rotatable bonds is 6. The van der Waals surface area contributed by atoms with Crippen molar-refractivity contribution >= 4 is 11.6 Å². The number of benzene rings is 3. The molecule has 35 heavy (non-hydrogen) atoms. The molecule has 1 aliphatic heterocycles. The van der Waals surface area contributed by atoms with E-state index >= 15 is 0 Å². The van der Waals surface area contributed by atoms with Gasteiger partial charge in [-0.15, -0.1) is 0 Å². The number of nitrogens with zero attached hydrogens (tertiary/aromatic N) is 4. The van der Waals surface area contributed by atoms with Crippen LogP contribution < -0.4 is 9.64 Å². The number of ether oxygens (including phenoxy) is 1. The molecule has 0 saturated carbocycles. The maximum Gasteiger partial charge on any atom is 0.272 e. The molecule has 0 radical (unpaired) electrons. The van der Waals surface area contributed by atoms with Crippen LogP contribution in [0.4, 0.5) is 10.1 Å². The number of amides is 1. The van der Waals surface area contributed by atoms with Gasteiger partial charge in [0, 0.05) is 31.9 Å². The number of hydrogen-bond donors (Lipinski definition) is 0. The summed E-state index contributed by atoms with van der Waals surface area (Å²) in [5, 5.41) is 4.42. The summed E-state index contributed by atoms with van der Waals surface area (Å²) in [5.74, 6) is 0.366. The maximum absolute atomic E-state index is 13.7. The van der Waals surface area contributed by atoms with E-state index in [2.05, 4.69) is 22.1 Å². The number of anilines is 1. The van der Waals surface area contributed by atoms with Crippen LogP contribution in [0.1, 0.15) is 21.7 Å². The van der Waals surface area contributed by atoms with Gasteiger partial charge in [-0.25, -0.2) is 9.07 Å². The first kappa shape index (κ1) is 22.7. The van der Waals surface area contributed by atoms with Gasteiger partial charge in [0.15, 0.2) is 0 Å². The Morgan fingerprint density at radius 3 is 2.34 bits per heavy atom. The lowest BCUT2D eigenvalue weighted by Crippen LogP contribution is -2.49. The van der Waals surface area contributed by atoms with Crippen molar-refractivity contribution in [3.05, 3.63) is 108 Å². The molecule has 7 heteroatoms. The van der Waals surface area contributed by atoms with Gasteiger partial charge in [0.05, 0.1) is 11.4 Å². The number of halogens is 1. The van der Waals surface area contributed by atoms with E-state index in [-0.39, 0.29) is 11.7 Å². The molecule has 178 valence electrons. The fourth-order valence-corrected chi connectivity index (χ4v) is 4.28. The van der Waals surface area contributed by atoms with Crippen LogP contribution in [0, 0.1) is 12.7 Å². The zero-order valence-electron chi connectivity index (χ0n) is 19.6. The van der Waals surface area contributed by atoms with Crippen LogP contribution in [-0.2, 0) is 6.61 Å². The third-order valence-corrected chi connectivity index (χ3v) is 6.12. The van der Waals surface area contributed by atoms with Gasteiger partial charge in [0.1, 0.15) is 23.9 Å². The van der Waals surface area contributed by atoms with Gasteiger partial charge in [0.25, 0.3) is 5.91 Å². The number of aromatic nitrogens is 2. The number of aryl methyl sites for hydroxylation is 1. The molecule has 4 aromatic rings. The molecule has 0 atom stereocenters. The average Bonchev–Trinajstić information content (AvgIpc) is 3.30. The largest absolute Gasteiger partial charge is 0.489 e. The molecular weight excluding hydrogens is 443 g/mol. The van der Waals surface area contributed by atoms with Crippen molar-refractivity contribution in [2.45, 2.75) is 13.5 Å². The van der Waals surface area contributed by atoms with Gasteiger partial charge < -0.3 is 14.5 Å². The molecule has 1 saturated heterocycles. The minimum atomic E-state index is -0.362. The lowest BCUT2D eigenvalue weighted by molar-refractivity contribution is 0.0737. The summed E-state index contributed by atoms with van der Waals surface area (Å²) in [5.41, 5.74) is 3.93. The van der Waals surface area contributed by atoms with E-state index in [0.717, 1.165) is 30.1 Å². The second kappa shape index (κ2) is 10.0. The van der Waals surface area contributed by atoms with Gasteiger partial charge in [-0.3, -0.25) is 4.79 Å². The molecule has 0 aliphatic carbocycles. The minimum Gasteiger partial charge on any atom is -0.489 e. The fraction of sp³-hybridized carbons (Fsp3) is 0.214. The van der Waals surface area contributed by atoms with Crippen molar-refractivity contribution in [3.63, 3.8) is 0 Å². The van der Waals surface area contributed by atoms with E-state index in [1.807, 2.05) is 54.3 Å². The van der Waals surface area contributed by atoms with Gasteiger partial charge in [-0.05, 0) is 61.0 Å². The zero-order chi connectivity index (χ0) is 24.2. The van der Waals surface area contributed by atoms with Crippen LogP contribution in [0.2, 0.25) is 0 Å². The van der Waals surface area contributed by atoms with Crippen molar-refractivity contribution in [1.29, 1.82) is 0 Å². The Labute approximate surface area is 204 Å². The third-order valence-electron chi connectivity index (χ3n) is 6.12. The molecule has 1 aromatic heterocycles. The van der Waals surface area contributed by atoms with E-state index in [1.165, 1.54) is 16.8 Å². The highest BCUT2D eigenvalue weighted by Crippen LogP contribution is 2.23. The Balaban J connectivity index is 1.20.